The zero-order valence-corrected chi connectivity index (χ0v) is 17.2. The summed E-state index contributed by atoms with van der Waals surface area (Å²) in [5, 5.41) is 0. The number of para-hydroxylation sites is 1. The van der Waals surface area contributed by atoms with E-state index in [1.54, 1.807) is 28.6 Å². The molecular formula is C23H26N2O3S. The molecule has 2 aromatic carbocycles. The van der Waals surface area contributed by atoms with Crippen molar-refractivity contribution in [2.75, 3.05) is 11.4 Å². The summed E-state index contributed by atoms with van der Waals surface area (Å²) in [6.07, 6.45) is 5.45. The summed E-state index contributed by atoms with van der Waals surface area (Å²) < 4.78 is 28.8. The lowest BCUT2D eigenvalue weighted by molar-refractivity contribution is -0.121. The third kappa shape index (κ3) is 3.09. The molecule has 0 radical (unpaired) electrons. The lowest BCUT2D eigenvalue weighted by Crippen LogP contribution is -2.50. The van der Waals surface area contributed by atoms with E-state index in [2.05, 4.69) is 6.07 Å². The Morgan fingerprint density at radius 2 is 1.66 bits per heavy atom. The molecule has 1 aliphatic carbocycles. The van der Waals surface area contributed by atoms with Crippen molar-refractivity contribution in [3.05, 3.63) is 60.2 Å². The lowest BCUT2D eigenvalue weighted by Gasteiger charge is -2.33. The first-order chi connectivity index (χ1) is 14.1. The summed E-state index contributed by atoms with van der Waals surface area (Å²) in [5.41, 5.74) is 2.10. The van der Waals surface area contributed by atoms with Gasteiger partial charge in [0.2, 0.25) is 15.9 Å². The van der Waals surface area contributed by atoms with E-state index in [1.165, 1.54) is 0 Å². The van der Waals surface area contributed by atoms with Gasteiger partial charge in [-0.15, -0.1) is 0 Å². The number of nitrogens with zero attached hydrogens (tertiary/aromatic N) is 2. The standard InChI is InChI=1S/C23H26N2O3S/c26-23(24-15-14-17-8-4-6-12-20(17)24)22-16-18-9-5-7-13-21(18)25(22)29(27,28)19-10-2-1-3-11-19/h1-4,6,8,10-12,18,21-22H,5,7,9,13-16H2/t18-,21+,22-/m0/s1. The SMILES string of the molecule is O=C([C@@H]1C[C@@H]2CCCC[C@H]2N1S(=O)(=O)c1ccccc1)N1CCc2ccccc21. The number of sulfonamides is 1. The molecule has 3 atom stereocenters. The quantitative estimate of drug-likeness (QED) is 0.777. The molecule has 1 amide bonds. The van der Waals surface area contributed by atoms with Crippen LogP contribution in [0.25, 0.3) is 0 Å². The number of benzene rings is 2. The van der Waals surface area contributed by atoms with Crippen molar-refractivity contribution in [1.82, 2.24) is 4.31 Å². The number of carbonyl (C=O) groups is 1. The number of anilines is 1. The summed E-state index contributed by atoms with van der Waals surface area (Å²) in [5.74, 6) is 0.206. The summed E-state index contributed by atoms with van der Waals surface area (Å²) in [7, 11) is -3.72. The maximum atomic E-state index is 13.7. The normalized spacial score (nSPS) is 26.9. The van der Waals surface area contributed by atoms with Gasteiger partial charge < -0.3 is 4.90 Å². The van der Waals surface area contributed by atoms with Crippen LogP contribution in [0.15, 0.2) is 59.5 Å². The monoisotopic (exact) mass is 410 g/mol. The Bertz CT molecular complexity index is 1020. The molecule has 0 unspecified atom stereocenters. The van der Waals surface area contributed by atoms with Crippen molar-refractivity contribution in [2.45, 2.75) is 55.5 Å². The topological polar surface area (TPSA) is 57.7 Å². The second kappa shape index (κ2) is 7.26. The minimum atomic E-state index is -3.72. The summed E-state index contributed by atoms with van der Waals surface area (Å²) >= 11 is 0. The second-order valence-electron chi connectivity index (χ2n) is 8.38. The number of hydrogen-bond acceptors (Lipinski definition) is 3. The molecule has 1 saturated carbocycles. The Balaban J connectivity index is 1.53. The van der Waals surface area contributed by atoms with E-state index in [-0.39, 0.29) is 22.8 Å². The van der Waals surface area contributed by atoms with Crippen LogP contribution in [-0.4, -0.2) is 37.3 Å². The Kier molecular flexibility index (Phi) is 4.71. The Hall–Kier alpha value is -2.18. The van der Waals surface area contributed by atoms with Crippen molar-refractivity contribution in [2.24, 2.45) is 5.92 Å². The molecule has 0 N–H and O–H groups in total. The van der Waals surface area contributed by atoms with Crippen molar-refractivity contribution in [3.8, 4) is 0 Å². The van der Waals surface area contributed by atoms with E-state index in [9.17, 15) is 13.2 Å². The van der Waals surface area contributed by atoms with Gasteiger partial charge in [-0.2, -0.15) is 4.31 Å². The van der Waals surface area contributed by atoms with Gasteiger partial charge in [0.15, 0.2) is 0 Å². The molecule has 5 nitrogen and oxygen atoms in total. The van der Waals surface area contributed by atoms with Gasteiger partial charge in [0, 0.05) is 18.3 Å². The highest BCUT2D eigenvalue weighted by Crippen LogP contribution is 2.44. The van der Waals surface area contributed by atoms with Crippen LogP contribution in [0.1, 0.15) is 37.7 Å². The molecule has 2 aromatic rings. The molecule has 2 aliphatic heterocycles. The zero-order valence-electron chi connectivity index (χ0n) is 16.4. The zero-order chi connectivity index (χ0) is 20.0. The first kappa shape index (κ1) is 18.8. The number of rotatable bonds is 3. The third-order valence-electron chi connectivity index (χ3n) is 6.79. The lowest BCUT2D eigenvalue weighted by atomic mass is 9.85. The maximum absolute atomic E-state index is 13.7. The molecular weight excluding hydrogens is 384 g/mol. The predicted molar refractivity (Wildman–Crippen MR) is 112 cm³/mol. The Morgan fingerprint density at radius 3 is 2.48 bits per heavy atom. The molecule has 0 bridgehead atoms. The van der Waals surface area contributed by atoms with Crippen LogP contribution in [0.2, 0.25) is 0 Å². The highest BCUT2D eigenvalue weighted by atomic mass is 32.2. The molecule has 2 heterocycles. The summed E-state index contributed by atoms with van der Waals surface area (Å²) in [6.45, 7) is 0.628. The van der Waals surface area contributed by atoms with Gasteiger partial charge in [-0.1, -0.05) is 49.2 Å². The second-order valence-corrected chi connectivity index (χ2v) is 10.2. The molecule has 6 heteroatoms. The summed E-state index contributed by atoms with van der Waals surface area (Å²) in [4.78, 5) is 15.8. The van der Waals surface area contributed by atoms with Gasteiger partial charge in [-0.3, -0.25) is 4.79 Å². The van der Waals surface area contributed by atoms with Crippen LogP contribution >= 0.6 is 0 Å². The minimum absolute atomic E-state index is 0.0659. The molecule has 1 saturated heterocycles. The Morgan fingerprint density at radius 1 is 0.931 bits per heavy atom. The van der Waals surface area contributed by atoms with Gasteiger partial charge in [0.05, 0.1) is 4.90 Å². The minimum Gasteiger partial charge on any atom is -0.310 e. The number of hydrogen-bond donors (Lipinski definition) is 0. The average molecular weight is 411 g/mol. The molecule has 0 spiro atoms. The number of carbonyl (C=O) groups excluding carboxylic acids is 1. The molecule has 0 aromatic heterocycles. The van der Waals surface area contributed by atoms with E-state index >= 15 is 0 Å². The van der Waals surface area contributed by atoms with E-state index in [0.29, 0.717) is 13.0 Å². The van der Waals surface area contributed by atoms with Crippen molar-refractivity contribution < 1.29 is 13.2 Å². The van der Waals surface area contributed by atoms with Crippen LogP contribution < -0.4 is 4.90 Å². The largest absolute Gasteiger partial charge is 0.310 e. The Labute approximate surface area is 172 Å². The van der Waals surface area contributed by atoms with Crippen LogP contribution in [0.5, 0.6) is 0 Å². The fourth-order valence-electron chi connectivity index (χ4n) is 5.44. The molecule has 152 valence electrons. The highest BCUT2D eigenvalue weighted by Gasteiger charge is 2.52. The van der Waals surface area contributed by atoms with Crippen LogP contribution in [0.3, 0.4) is 0 Å². The van der Waals surface area contributed by atoms with Gasteiger partial charge in [0.1, 0.15) is 6.04 Å². The highest BCUT2D eigenvalue weighted by molar-refractivity contribution is 7.89. The smallest absolute Gasteiger partial charge is 0.245 e. The number of amides is 1. The van der Waals surface area contributed by atoms with E-state index in [4.69, 9.17) is 0 Å². The molecule has 29 heavy (non-hydrogen) atoms. The molecule has 5 rings (SSSR count). The molecule has 3 aliphatic rings. The van der Waals surface area contributed by atoms with E-state index in [1.807, 2.05) is 29.2 Å². The van der Waals surface area contributed by atoms with Crippen molar-refractivity contribution >= 4 is 21.6 Å². The van der Waals surface area contributed by atoms with Gasteiger partial charge >= 0.3 is 0 Å². The third-order valence-corrected chi connectivity index (χ3v) is 8.73. The van der Waals surface area contributed by atoms with Gasteiger partial charge in [-0.25, -0.2) is 8.42 Å². The fourth-order valence-corrected chi connectivity index (χ4v) is 7.33. The van der Waals surface area contributed by atoms with Crippen LogP contribution in [0, 0.1) is 5.92 Å². The van der Waals surface area contributed by atoms with E-state index in [0.717, 1.165) is 43.4 Å². The van der Waals surface area contributed by atoms with Gasteiger partial charge in [0.25, 0.3) is 0 Å². The first-order valence-electron chi connectivity index (χ1n) is 10.6. The maximum Gasteiger partial charge on any atom is 0.245 e. The molecule has 2 fully saturated rings. The van der Waals surface area contributed by atoms with Crippen molar-refractivity contribution in [1.29, 1.82) is 0 Å². The predicted octanol–water partition coefficient (Wildman–Crippen LogP) is 3.60. The van der Waals surface area contributed by atoms with Crippen LogP contribution in [0.4, 0.5) is 5.69 Å². The summed E-state index contributed by atoms with van der Waals surface area (Å²) in [6, 6.07) is 15.9. The van der Waals surface area contributed by atoms with Gasteiger partial charge in [-0.05, 0) is 55.4 Å². The average Bonchev–Trinajstić information content (AvgIpc) is 3.36. The van der Waals surface area contributed by atoms with Crippen molar-refractivity contribution in [3.63, 3.8) is 0 Å². The van der Waals surface area contributed by atoms with Crippen LogP contribution in [-0.2, 0) is 21.2 Å². The fraction of sp³-hybridized carbons (Fsp3) is 0.435. The number of fused-ring (bicyclic) bond motifs is 2. The van der Waals surface area contributed by atoms with E-state index < -0.39 is 16.1 Å². The first-order valence-corrected chi connectivity index (χ1v) is 12.0.